The van der Waals surface area contributed by atoms with E-state index in [-0.39, 0.29) is 0 Å². The fraction of sp³-hybridized carbons (Fsp3) is 0. The van der Waals surface area contributed by atoms with Gasteiger partial charge in [0.15, 0.2) is 0 Å². The van der Waals surface area contributed by atoms with Crippen LogP contribution >= 0.6 is 11.3 Å². The van der Waals surface area contributed by atoms with E-state index in [2.05, 4.69) is 179 Å². The van der Waals surface area contributed by atoms with Gasteiger partial charge < -0.3 is 9.47 Å². The van der Waals surface area contributed by atoms with Crippen molar-refractivity contribution in [2.45, 2.75) is 0 Å². The molecule has 0 bridgehead atoms. The van der Waals surface area contributed by atoms with E-state index < -0.39 is 0 Å². The summed E-state index contributed by atoms with van der Waals surface area (Å²) in [5, 5.41) is 5.14. The number of benzene rings is 7. The molecule has 0 aliphatic rings. The van der Waals surface area contributed by atoms with Gasteiger partial charge in [-0.15, -0.1) is 11.3 Å². The highest BCUT2D eigenvalue weighted by atomic mass is 32.1. The van der Waals surface area contributed by atoms with Crippen LogP contribution in [0.25, 0.3) is 58.8 Å². The van der Waals surface area contributed by atoms with Gasteiger partial charge in [0.25, 0.3) is 0 Å². The first-order valence-electron chi connectivity index (χ1n) is 15.3. The molecule has 212 valence electrons. The second-order valence-corrected chi connectivity index (χ2v) is 12.4. The van der Waals surface area contributed by atoms with Crippen LogP contribution in [-0.4, -0.2) is 4.57 Å². The number of hydrogen-bond acceptors (Lipinski definition) is 2. The van der Waals surface area contributed by atoms with E-state index in [1.165, 1.54) is 58.8 Å². The average molecular weight is 593 g/mol. The molecule has 9 rings (SSSR count). The molecule has 0 fully saturated rings. The Labute approximate surface area is 265 Å². The normalized spacial score (nSPS) is 11.6. The average Bonchev–Trinajstić information content (AvgIpc) is 3.65. The van der Waals surface area contributed by atoms with Gasteiger partial charge in [0.1, 0.15) is 0 Å². The number of nitrogens with zero attached hydrogens (tertiary/aromatic N) is 2. The van der Waals surface area contributed by atoms with Crippen molar-refractivity contribution in [1.82, 2.24) is 4.57 Å². The van der Waals surface area contributed by atoms with Crippen LogP contribution in [0.2, 0.25) is 0 Å². The Bertz CT molecular complexity index is 2420. The third-order valence-electron chi connectivity index (χ3n) is 8.79. The molecule has 0 aliphatic carbocycles. The van der Waals surface area contributed by atoms with Crippen molar-refractivity contribution in [3.63, 3.8) is 0 Å². The highest BCUT2D eigenvalue weighted by Gasteiger charge is 2.18. The number of para-hydroxylation sites is 3. The van der Waals surface area contributed by atoms with Gasteiger partial charge in [-0.2, -0.15) is 0 Å². The van der Waals surface area contributed by atoms with Crippen molar-refractivity contribution in [1.29, 1.82) is 0 Å². The van der Waals surface area contributed by atoms with Crippen LogP contribution in [0, 0.1) is 0 Å². The van der Waals surface area contributed by atoms with Gasteiger partial charge in [-0.05, 0) is 65.7 Å². The molecule has 0 aliphatic heterocycles. The Morgan fingerprint density at radius 2 is 0.956 bits per heavy atom. The molecule has 0 saturated carbocycles. The van der Waals surface area contributed by atoms with E-state index in [1.807, 2.05) is 11.3 Å². The maximum absolute atomic E-state index is 2.44. The molecule has 0 N–H and O–H groups in total. The summed E-state index contributed by atoms with van der Waals surface area (Å²) in [7, 11) is 0. The second-order valence-electron chi connectivity index (χ2n) is 11.4. The summed E-state index contributed by atoms with van der Waals surface area (Å²) in [6.45, 7) is 0. The molecular weight excluding hydrogens is 565 g/mol. The number of aromatic nitrogens is 1. The summed E-state index contributed by atoms with van der Waals surface area (Å²) in [5.41, 5.74) is 9.54. The minimum Gasteiger partial charge on any atom is -0.310 e. The van der Waals surface area contributed by atoms with E-state index in [0.717, 1.165) is 17.1 Å². The fourth-order valence-corrected chi connectivity index (χ4v) is 7.97. The minimum absolute atomic E-state index is 1.13. The number of fused-ring (bicyclic) bond motifs is 6. The van der Waals surface area contributed by atoms with Gasteiger partial charge in [0, 0.05) is 43.3 Å². The largest absolute Gasteiger partial charge is 0.310 e. The first-order valence-corrected chi connectivity index (χ1v) is 16.1. The van der Waals surface area contributed by atoms with Crippen LogP contribution in [0.4, 0.5) is 17.1 Å². The lowest BCUT2D eigenvalue weighted by atomic mass is 10.0. The van der Waals surface area contributed by atoms with Crippen molar-refractivity contribution in [2.24, 2.45) is 0 Å². The van der Waals surface area contributed by atoms with E-state index in [4.69, 9.17) is 0 Å². The smallest absolute Gasteiger partial charge is 0.0640 e. The zero-order valence-corrected chi connectivity index (χ0v) is 25.3. The lowest BCUT2D eigenvalue weighted by molar-refractivity contribution is 1.20. The molecule has 3 heteroatoms. The predicted octanol–water partition coefficient (Wildman–Crippen LogP) is 12.3. The van der Waals surface area contributed by atoms with E-state index in [9.17, 15) is 0 Å². The zero-order chi connectivity index (χ0) is 29.7. The second kappa shape index (κ2) is 10.5. The third-order valence-corrected chi connectivity index (χ3v) is 9.98. The van der Waals surface area contributed by atoms with Gasteiger partial charge in [-0.1, -0.05) is 115 Å². The molecule has 0 amide bonds. The third kappa shape index (κ3) is 4.24. The molecule has 7 aromatic carbocycles. The maximum atomic E-state index is 2.44. The molecule has 0 atom stereocenters. The maximum Gasteiger partial charge on any atom is 0.0640 e. The van der Waals surface area contributed by atoms with Gasteiger partial charge in [0.2, 0.25) is 0 Å². The van der Waals surface area contributed by atoms with Crippen LogP contribution in [0.5, 0.6) is 0 Å². The van der Waals surface area contributed by atoms with E-state index in [1.54, 1.807) is 0 Å². The predicted molar refractivity (Wildman–Crippen MR) is 194 cm³/mol. The Kier molecular flexibility index (Phi) is 6.03. The standard InChI is InChI=1S/C42H28N2S/c1-3-12-29(13-4-1)30-22-24-32(25-23-30)43(31-14-5-2-6-15-31)33-26-27-36-37-18-11-21-40(42(37)45-41(36)28-33)44-38-19-9-7-16-34(38)35-17-8-10-20-39(35)44/h1-28H. The summed E-state index contributed by atoms with van der Waals surface area (Å²) < 4.78 is 5.01. The fourth-order valence-electron chi connectivity index (χ4n) is 6.73. The summed E-state index contributed by atoms with van der Waals surface area (Å²) in [4.78, 5) is 2.35. The monoisotopic (exact) mass is 592 g/mol. The molecular formula is C42H28N2S. The van der Waals surface area contributed by atoms with Crippen LogP contribution in [-0.2, 0) is 0 Å². The molecule has 2 heterocycles. The minimum atomic E-state index is 1.13. The van der Waals surface area contributed by atoms with E-state index in [0.29, 0.717) is 0 Å². The summed E-state index contributed by atoms with van der Waals surface area (Å²) in [6, 6.07) is 61.2. The number of thiophene rings is 1. The quantitative estimate of drug-likeness (QED) is 0.193. The van der Waals surface area contributed by atoms with Crippen molar-refractivity contribution in [3.05, 3.63) is 170 Å². The van der Waals surface area contributed by atoms with Crippen LogP contribution < -0.4 is 4.90 Å². The first kappa shape index (κ1) is 25.8. The SMILES string of the molecule is c1ccc(-c2ccc(N(c3ccccc3)c3ccc4c(c3)sc3c(-n5c6ccccc6c6ccccc65)cccc34)cc2)cc1. The number of hydrogen-bond donors (Lipinski definition) is 0. The zero-order valence-electron chi connectivity index (χ0n) is 24.5. The molecule has 0 spiro atoms. The Morgan fingerprint density at radius 1 is 0.400 bits per heavy atom. The number of anilines is 3. The van der Waals surface area contributed by atoms with Gasteiger partial charge in [-0.3, -0.25) is 0 Å². The highest BCUT2D eigenvalue weighted by molar-refractivity contribution is 7.26. The van der Waals surface area contributed by atoms with Crippen molar-refractivity contribution in [2.75, 3.05) is 4.90 Å². The van der Waals surface area contributed by atoms with Crippen molar-refractivity contribution >= 4 is 70.4 Å². The number of rotatable bonds is 5. The van der Waals surface area contributed by atoms with Crippen molar-refractivity contribution in [3.8, 4) is 16.8 Å². The summed E-state index contributed by atoms with van der Waals surface area (Å²) >= 11 is 1.88. The molecule has 45 heavy (non-hydrogen) atoms. The van der Waals surface area contributed by atoms with E-state index >= 15 is 0 Å². The molecule has 0 saturated heterocycles. The first-order chi connectivity index (χ1) is 22.3. The van der Waals surface area contributed by atoms with Gasteiger partial charge in [-0.25, -0.2) is 0 Å². The van der Waals surface area contributed by atoms with Crippen LogP contribution in [0.3, 0.4) is 0 Å². The highest BCUT2D eigenvalue weighted by Crippen LogP contribution is 2.44. The van der Waals surface area contributed by atoms with Gasteiger partial charge >= 0.3 is 0 Å². The topological polar surface area (TPSA) is 8.17 Å². The molecule has 9 aromatic rings. The van der Waals surface area contributed by atoms with Crippen molar-refractivity contribution < 1.29 is 0 Å². The summed E-state index contributed by atoms with van der Waals surface area (Å²) in [5.74, 6) is 0. The lowest BCUT2D eigenvalue weighted by Gasteiger charge is -2.25. The summed E-state index contributed by atoms with van der Waals surface area (Å²) in [6.07, 6.45) is 0. The van der Waals surface area contributed by atoms with Crippen LogP contribution in [0.15, 0.2) is 170 Å². The van der Waals surface area contributed by atoms with Crippen LogP contribution in [0.1, 0.15) is 0 Å². The molecule has 0 radical (unpaired) electrons. The molecule has 2 aromatic heterocycles. The Hall–Kier alpha value is -5.64. The lowest BCUT2D eigenvalue weighted by Crippen LogP contribution is -2.09. The van der Waals surface area contributed by atoms with Gasteiger partial charge in [0.05, 0.1) is 21.4 Å². The Morgan fingerprint density at radius 3 is 1.67 bits per heavy atom. The Balaban J connectivity index is 1.21. The molecule has 2 nitrogen and oxygen atoms in total. The molecule has 0 unspecified atom stereocenters.